The second-order valence-corrected chi connectivity index (χ2v) is 8.84. The molecule has 3 aromatic carbocycles. The molecule has 0 aliphatic carbocycles. The van der Waals surface area contributed by atoms with Crippen molar-refractivity contribution in [1.29, 1.82) is 0 Å². The molecule has 4 aromatic rings. The van der Waals surface area contributed by atoms with Crippen molar-refractivity contribution in [3.63, 3.8) is 0 Å². The topological polar surface area (TPSA) is 110 Å². The molecule has 0 aliphatic heterocycles. The van der Waals surface area contributed by atoms with E-state index in [-0.39, 0.29) is 6.42 Å². The zero-order valence-electron chi connectivity index (χ0n) is 21.5. The number of ether oxygens (including phenoxy) is 2. The number of tetrazole rings is 1. The molecular weight excluding hydrogens is 482 g/mol. The summed E-state index contributed by atoms with van der Waals surface area (Å²) in [7, 11) is 1.29. The SMILES string of the molecule is CCCCN(Cc1ccc(-c2ccccc2-c2nn[nH]n2)cc1)C(=O)OC(Cc1ccccc1)C(=O)OC. The van der Waals surface area contributed by atoms with Gasteiger partial charge in [0.05, 0.1) is 7.11 Å². The summed E-state index contributed by atoms with van der Waals surface area (Å²) in [6.07, 6.45) is 0.404. The summed E-state index contributed by atoms with van der Waals surface area (Å²) in [6.45, 7) is 2.92. The smallest absolute Gasteiger partial charge is 0.410 e. The highest BCUT2D eigenvalue weighted by Crippen LogP contribution is 2.30. The van der Waals surface area contributed by atoms with Crippen molar-refractivity contribution in [2.24, 2.45) is 0 Å². The number of esters is 1. The minimum absolute atomic E-state index is 0.245. The van der Waals surface area contributed by atoms with Crippen molar-refractivity contribution in [1.82, 2.24) is 25.5 Å². The lowest BCUT2D eigenvalue weighted by Crippen LogP contribution is -2.38. The van der Waals surface area contributed by atoms with Crippen LogP contribution in [0, 0.1) is 0 Å². The van der Waals surface area contributed by atoms with Crippen LogP contribution >= 0.6 is 0 Å². The highest BCUT2D eigenvalue weighted by atomic mass is 16.6. The number of hydrogen-bond donors (Lipinski definition) is 1. The molecule has 0 aliphatic rings. The molecule has 0 fully saturated rings. The van der Waals surface area contributed by atoms with Gasteiger partial charge in [0, 0.05) is 25.1 Å². The Hall–Kier alpha value is -4.53. The normalized spacial score (nSPS) is 11.5. The molecule has 1 amide bonds. The van der Waals surface area contributed by atoms with Gasteiger partial charge in [0.1, 0.15) is 0 Å². The van der Waals surface area contributed by atoms with Crippen LogP contribution < -0.4 is 0 Å². The number of benzene rings is 3. The Morgan fingerprint density at radius 1 is 0.921 bits per heavy atom. The fraction of sp³-hybridized carbons (Fsp3) is 0.276. The lowest BCUT2D eigenvalue weighted by atomic mass is 9.98. The van der Waals surface area contributed by atoms with E-state index in [0.29, 0.717) is 18.9 Å². The predicted octanol–water partition coefficient (Wildman–Crippen LogP) is 5.06. The minimum Gasteiger partial charge on any atom is -0.466 e. The second kappa shape index (κ2) is 13.1. The van der Waals surface area contributed by atoms with Gasteiger partial charge in [-0.05, 0) is 33.9 Å². The van der Waals surface area contributed by atoms with Crippen LogP contribution in [0.25, 0.3) is 22.5 Å². The van der Waals surface area contributed by atoms with Crippen molar-refractivity contribution in [2.75, 3.05) is 13.7 Å². The van der Waals surface area contributed by atoms with Gasteiger partial charge in [0.15, 0.2) is 0 Å². The van der Waals surface area contributed by atoms with Gasteiger partial charge in [-0.1, -0.05) is 92.2 Å². The van der Waals surface area contributed by atoms with E-state index in [1.807, 2.05) is 78.9 Å². The quantitative estimate of drug-likeness (QED) is 0.279. The largest absolute Gasteiger partial charge is 0.466 e. The second-order valence-electron chi connectivity index (χ2n) is 8.84. The Bertz CT molecular complexity index is 1310. The van der Waals surface area contributed by atoms with Crippen molar-refractivity contribution < 1.29 is 19.1 Å². The highest BCUT2D eigenvalue weighted by molar-refractivity contribution is 5.81. The van der Waals surface area contributed by atoms with Crippen LogP contribution in [0.2, 0.25) is 0 Å². The molecule has 1 unspecified atom stereocenters. The van der Waals surface area contributed by atoms with Crippen molar-refractivity contribution in [2.45, 2.75) is 38.8 Å². The third-order valence-electron chi connectivity index (χ3n) is 6.16. The molecule has 9 nitrogen and oxygen atoms in total. The monoisotopic (exact) mass is 513 g/mol. The Morgan fingerprint density at radius 2 is 1.63 bits per heavy atom. The zero-order chi connectivity index (χ0) is 26.7. The van der Waals surface area contributed by atoms with E-state index < -0.39 is 18.2 Å². The molecule has 0 saturated heterocycles. The lowest BCUT2D eigenvalue weighted by Gasteiger charge is -2.25. The molecule has 0 saturated carbocycles. The lowest BCUT2D eigenvalue weighted by molar-refractivity contribution is -0.151. The van der Waals surface area contributed by atoms with E-state index in [1.54, 1.807) is 4.90 Å². The van der Waals surface area contributed by atoms with Crippen molar-refractivity contribution in [3.8, 4) is 22.5 Å². The third-order valence-corrected chi connectivity index (χ3v) is 6.16. The number of aromatic nitrogens is 4. The molecule has 0 spiro atoms. The van der Waals surface area contributed by atoms with E-state index in [4.69, 9.17) is 9.47 Å². The van der Waals surface area contributed by atoms with E-state index in [2.05, 4.69) is 27.5 Å². The van der Waals surface area contributed by atoms with Crippen LogP contribution in [0.4, 0.5) is 4.79 Å². The Balaban J connectivity index is 1.49. The van der Waals surface area contributed by atoms with Gasteiger partial charge in [-0.25, -0.2) is 9.59 Å². The highest BCUT2D eigenvalue weighted by Gasteiger charge is 2.27. The number of carbonyl (C=O) groups is 2. The first-order chi connectivity index (χ1) is 18.6. The van der Waals surface area contributed by atoms with Gasteiger partial charge >= 0.3 is 12.1 Å². The Labute approximate surface area is 221 Å². The molecular formula is C29H31N5O4. The van der Waals surface area contributed by atoms with Crippen molar-refractivity contribution >= 4 is 12.1 Å². The third kappa shape index (κ3) is 6.82. The zero-order valence-corrected chi connectivity index (χ0v) is 21.5. The summed E-state index contributed by atoms with van der Waals surface area (Å²) in [5, 5.41) is 14.4. The van der Waals surface area contributed by atoms with E-state index in [9.17, 15) is 9.59 Å². The molecule has 9 heteroatoms. The number of hydrogen-bond acceptors (Lipinski definition) is 7. The number of unbranched alkanes of at least 4 members (excludes halogenated alkanes) is 1. The van der Waals surface area contributed by atoms with E-state index in [1.165, 1.54) is 7.11 Å². The van der Waals surface area contributed by atoms with Gasteiger partial charge in [-0.15, -0.1) is 10.2 Å². The average molecular weight is 514 g/mol. The van der Waals surface area contributed by atoms with Crippen LogP contribution in [0.5, 0.6) is 0 Å². The molecule has 0 bridgehead atoms. The van der Waals surface area contributed by atoms with E-state index >= 15 is 0 Å². The maximum atomic E-state index is 13.2. The summed E-state index contributed by atoms with van der Waals surface area (Å²) < 4.78 is 10.6. The summed E-state index contributed by atoms with van der Waals surface area (Å²) >= 11 is 0. The summed E-state index contributed by atoms with van der Waals surface area (Å²) in [4.78, 5) is 27.2. The molecule has 1 N–H and O–H groups in total. The maximum absolute atomic E-state index is 13.2. The molecule has 0 radical (unpaired) electrons. The molecule has 38 heavy (non-hydrogen) atoms. The number of methoxy groups -OCH3 is 1. The molecule has 4 rings (SSSR count). The van der Waals surface area contributed by atoms with Gasteiger partial charge in [0.2, 0.25) is 11.9 Å². The van der Waals surface area contributed by atoms with Crippen LogP contribution in [0.15, 0.2) is 78.9 Å². The average Bonchev–Trinajstić information content (AvgIpc) is 3.50. The maximum Gasteiger partial charge on any atom is 0.410 e. The fourth-order valence-electron chi connectivity index (χ4n) is 4.13. The predicted molar refractivity (Wildman–Crippen MR) is 143 cm³/mol. The number of carbonyl (C=O) groups excluding carboxylic acids is 2. The van der Waals surface area contributed by atoms with E-state index in [0.717, 1.165) is 40.7 Å². The number of amides is 1. The Kier molecular flexibility index (Phi) is 9.17. The Morgan fingerprint density at radius 3 is 2.29 bits per heavy atom. The molecule has 1 aromatic heterocycles. The number of H-pyrrole nitrogens is 1. The number of nitrogens with one attached hydrogen (secondary N) is 1. The molecule has 196 valence electrons. The van der Waals surface area contributed by atoms with Gasteiger partial charge in [-0.3, -0.25) is 0 Å². The first-order valence-electron chi connectivity index (χ1n) is 12.6. The van der Waals surface area contributed by atoms with Crippen LogP contribution in [0.1, 0.15) is 30.9 Å². The van der Waals surface area contributed by atoms with Crippen LogP contribution in [-0.2, 0) is 27.2 Å². The number of aromatic amines is 1. The minimum atomic E-state index is -1.02. The summed E-state index contributed by atoms with van der Waals surface area (Å²) in [5.41, 5.74) is 4.66. The first-order valence-corrected chi connectivity index (χ1v) is 12.6. The standard InChI is InChI=1S/C29H31N5O4/c1-3-4-18-34(29(36)38-26(28(35)37-2)19-21-10-6-5-7-11-21)20-22-14-16-23(17-15-22)24-12-8-9-13-25(24)27-30-32-33-31-27/h5-17,26H,3-4,18-20H2,1-2H3,(H,30,31,32,33). The van der Waals surface area contributed by atoms with Gasteiger partial charge in [0.25, 0.3) is 0 Å². The van der Waals surface area contributed by atoms with Gasteiger partial charge in [-0.2, -0.15) is 5.21 Å². The summed E-state index contributed by atoms with van der Waals surface area (Å²) in [6, 6.07) is 25.2. The summed E-state index contributed by atoms with van der Waals surface area (Å²) in [5.74, 6) is -0.0592. The fourth-order valence-corrected chi connectivity index (χ4v) is 4.13. The molecule has 1 heterocycles. The number of nitrogens with zero attached hydrogens (tertiary/aromatic N) is 4. The van der Waals surface area contributed by atoms with Crippen LogP contribution in [-0.4, -0.2) is 57.3 Å². The number of rotatable bonds is 11. The van der Waals surface area contributed by atoms with Gasteiger partial charge < -0.3 is 14.4 Å². The first kappa shape index (κ1) is 26.5. The van der Waals surface area contributed by atoms with Crippen LogP contribution in [0.3, 0.4) is 0 Å². The van der Waals surface area contributed by atoms with Crippen molar-refractivity contribution in [3.05, 3.63) is 90.0 Å². The molecule has 1 atom stereocenters.